The van der Waals surface area contributed by atoms with Crippen LogP contribution in [-0.2, 0) is 15.8 Å². The fourth-order valence-corrected chi connectivity index (χ4v) is 4.43. The Bertz CT molecular complexity index is 1410. The molecule has 4 rings (SSSR count). The summed E-state index contributed by atoms with van der Waals surface area (Å²) in [5.41, 5.74) is 7.50. The summed E-state index contributed by atoms with van der Waals surface area (Å²) in [5, 5.41) is 2.85. The summed E-state index contributed by atoms with van der Waals surface area (Å²) < 4.78 is 36.6. The molecule has 39 heavy (non-hydrogen) atoms. The highest BCUT2D eigenvalue weighted by atomic mass is 31.1. The third-order valence-electron chi connectivity index (χ3n) is 5.61. The van der Waals surface area contributed by atoms with Crippen LogP contribution in [0, 0.1) is 0 Å². The zero-order valence-corrected chi connectivity index (χ0v) is 22.5. The molecular formula is C26H30N6O6P+. The summed E-state index contributed by atoms with van der Waals surface area (Å²) in [6, 6.07) is 13.9. The maximum Gasteiger partial charge on any atom is 0.585 e. The average Bonchev–Trinajstić information content (AvgIpc) is 3.36. The Morgan fingerprint density at radius 3 is 2.64 bits per heavy atom. The summed E-state index contributed by atoms with van der Waals surface area (Å²) in [4.78, 5) is 24.6. The number of nitrogens with zero attached hydrogens (tertiary/aromatic N) is 4. The number of rotatable bonds is 14. The van der Waals surface area contributed by atoms with Gasteiger partial charge in [-0.2, -0.15) is 0 Å². The number of para-hydroxylation sites is 2. The molecule has 2 atom stereocenters. The molecule has 0 saturated carbocycles. The van der Waals surface area contributed by atoms with Crippen molar-refractivity contribution in [2.24, 2.45) is 0 Å². The van der Waals surface area contributed by atoms with Gasteiger partial charge >= 0.3 is 8.03 Å². The van der Waals surface area contributed by atoms with Gasteiger partial charge in [-0.1, -0.05) is 12.1 Å². The largest absolute Gasteiger partial charge is 0.585 e. The molecule has 13 heteroatoms. The van der Waals surface area contributed by atoms with Gasteiger partial charge in [0, 0.05) is 12.1 Å². The maximum absolute atomic E-state index is 12.6. The first-order valence-electron chi connectivity index (χ1n) is 12.2. The summed E-state index contributed by atoms with van der Waals surface area (Å²) in [6.07, 6.45) is 3.17. The van der Waals surface area contributed by atoms with Crippen LogP contribution in [-0.4, -0.2) is 58.1 Å². The summed E-state index contributed by atoms with van der Waals surface area (Å²) in [5.74, 6) is 1.63. The highest BCUT2D eigenvalue weighted by Gasteiger charge is 2.24. The van der Waals surface area contributed by atoms with E-state index in [4.69, 9.17) is 24.5 Å². The van der Waals surface area contributed by atoms with Gasteiger partial charge in [0.25, 0.3) is 12.3 Å². The van der Waals surface area contributed by atoms with Crippen LogP contribution in [0.4, 0.5) is 5.82 Å². The number of hydrogen-bond donors (Lipinski definition) is 2. The smallest absolute Gasteiger partial charge is 0.497 e. The van der Waals surface area contributed by atoms with Gasteiger partial charge in [-0.15, -0.1) is 0 Å². The Morgan fingerprint density at radius 2 is 1.87 bits per heavy atom. The number of imidazole rings is 1. The zero-order chi connectivity index (χ0) is 27.6. The van der Waals surface area contributed by atoms with E-state index in [1.807, 2.05) is 6.92 Å². The van der Waals surface area contributed by atoms with Crippen molar-refractivity contribution < 1.29 is 28.1 Å². The first-order valence-corrected chi connectivity index (χ1v) is 13.6. The van der Waals surface area contributed by atoms with Gasteiger partial charge in [-0.3, -0.25) is 4.79 Å². The Kier molecular flexibility index (Phi) is 9.60. The van der Waals surface area contributed by atoms with E-state index in [9.17, 15) is 9.36 Å². The number of nitrogens with two attached hydrogens (primary N) is 1. The summed E-state index contributed by atoms with van der Waals surface area (Å²) in [7, 11) is -0.583. The lowest BCUT2D eigenvalue weighted by Gasteiger charge is -2.11. The number of ether oxygens (including phenoxy) is 3. The van der Waals surface area contributed by atoms with Crippen molar-refractivity contribution in [3.8, 4) is 17.2 Å². The lowest BCUT2D eigenvalue weighted by atomic mass is 10.2. The molecule has 3 N–H and O–H groups in total. The predicted octanol–water partition coefficient (Wildman–Crippen LogP) is 3.80. The number of amides is 1. The number of hydrogen-bond acceptors (Lipinski definition) is 10. The Labute approximate surface area is 226 Å². The third-order valence-corrected chi connectivity index (χ3v) is 6.37. The normalized spacial score (nSPS) is 12.1. The number of carbonyl (C=O) groups is 1. The summed E-state index contributed by atoms with van der Waals surface area (Å²) in [6.45, 7) is 3.05. The van der Waals surface area contributed by atoms with Crippen LogP contribution in [0.15, 0.2) is 61.2 Å². The molecular weight excluding hydrogens is 523 g/mol. The molecule has 0 aliphatic heterocycles. The topological polar surface area (TPSA) is 153 Å². The van der Waals surface area contributed by atoms with E-state index < -0.39 is 8.03 Å². The average molecular weight is 554 g/mol. The van der Waals surface area contributed by atoms with Gasteiger partial charge < -0.3 is 29.8 Å². The van der Waals surface area contributed by atoms with E-state index in [1.165, 1.54) is 6.33 Å². The van der Waals surface area contributed by atoms with E-state index in [2.05, 4.69) is 20.3 Å². The van der Waals surface area contributed by atoms with Gasteiger partial charge in [-0.25, -0.2) is 19.5 Å². The number of anilines is 1. The molecule has 2 aromatic heterocycles. The number of fused-ring (bicyclic) bond motifs is 1. The van der Waals surface area contributed by atoms with Crippen molar-refractivity contribution in [2.75, 3.05) is 32.3 Å². The number of aromatic nitrogens is 4. The molecule has 12 nitrogen and oxygen atoms in total. The molecule has 0 bridgehead atoms. The van der Waals surface area contributed by atoms with E-state index in [0.717, 1.165) is 0 Å². The number of nitrogens with one attached hydrogen (secondary N) is 1. The lowest BCUT2D eigenvalue weighted by molar-refractivity contribution is 0.0851. The minimum absolute atomic E-state index is 0.105. The molecule has 0 spiro atoms. The molecule has 2 heterocycles. The number of carbonyl (C=O) groups excluding carboxylic acids is 1. The predicted molar refractivity (Wildman–Crippen MR) is 145 cm³/mol. The van der Waals surface area contributed by atoms with Gasteiger partial charge in [0.15, 0.2) is 17.2 Å². The van der Waals surface area contributed by atoms with E-state index in [-0.39, 0.29) is 18.4 Å². The van der Waals surface area contributed by atoms with Gasteiger partial charge in [-0.05, 0) is 54.3 Å². The molecule has 2 unspecified atom stereocenters. The minimum atomic E-state index is -2.16. The fraction of sp³-hybridized carbons (Fsp3) is 0.308. The second-order valence-corrected chi connectivity index (χ2v) is 9.60. The number of benzene rings is 2. The van der Waals surface area contributed by atoms with Crippen LogP contribution in [0.2, 0.25) is 0 Å². The summed E-state index contributed by atoms with van der Waals surface area (Å²) >= 11 is 0. The standard InChI is InChI=1S/C26H29N6O6P/c1-18(14-32-16-31-23-24(27)29-15-30-25(23)32)37-17-39(34)38-22-7-4-3-6-21(22)36-13-5-12-28-26(33)19-8-10-20(35-2)11-9-19/h3-4,6-11,15-16,18H,5,12-14,17H2,1-2H3,(H2-,27,28,29,30,33)/p+1. The molecule has 0 radical (unpaired) electrons. The molecule has 0 aliphatic carbocycles. The molecule has 0 saturated heterocycles. The van der Waals surface area contributed by atoms with Crippen LogP contribution >= 0.6 is 8.03 Å². The third kappa shape index (κ3) is 7.62. The Balaban J connectivity index is 1.19. The van der Waals surface area contributed by atoms with Crippen LogP contribution < -0.4 is 25.0 Å². The second-order valence-electron chi connectivity index (χ2n) is 8.49. The molecule has 2 aromatic carbocycles. The highest BCUT2D eigenvalue weighted by molar-refractivity contribution is 7.39. The van der Waals surface area contributed by atoms with Crippen LogP contribution in [0.1, 0.15) is 23.7 Å². The molecule has 0 fully saturated rings. The Morgan fingerprint density at radius 1 is 1.10 bits per heavy atom. The quantitative estimate of drug-likeness (QED) is 0.174. The Hall–Kier alpha value is -4.28. The fourth-order valence-electron chi connectivity index (χ4n) is 3.63. The zero-order valence-electron chi connectivity index (χ0n) is 21.6. The van der Waals surface area contributed by atoms with Crippen molar-refractivity contribution in [3.63, 3.8) is 0 Å². The van der Waals surface area contributed by atoms with Crippen LogP contribution in [0.5, 0.6) is 17.2 Å². The van der Waals surface area contributed by atoms with Crippen molar-refractivity contribution in [2.45, 2.75) is 26.0 Å². The molecule has 204 valence electrons. The molecule has 1 amide bonds. The van der Waals surface area contributed by atoms with E-state index >= 15 is 0 Å². The maximum atomic E-state index is 12.6. The molecule has 0 aliphatic rings. The highest BCUT2D eigenvalue weighted by Crippen LogP contribution is 2.35. The lowest BCUT2D eigenvalue weighted by Crippen LogP contribution is -2.25. The monoisotopic (exact) mass is 553 g/mol. The first-order chi connectivity index (χ1) is 18.9. The van der Waals surface area contributed by atoms with Crippen molar-refractivity contribution in [1.29, 1.82) is 0 Å². The SMILES string of the molecule is COc1ccc(C(=O)NCCCOc2ccccc2O[P+](=O)COC(C)Cn2cnc3c(N)ncnc32)cc1. The van der Waals surface area contributed by atoms with E-state index in [0.29, 0.717) is 65.9 Å². The van der Waals surface area contributed by atoms with Crippen molar-refractivity contribution >= 4 is 30.9 Å². The first kappa shape index (κ1) is 27.7. The minimum Gasteiger partial charge on any atom is -0.497 e. The van der Waals surface area contributed by atoms with Crippen LogP contribution in [0.3, 0.4) is 0 Å². The molecule has 4 aromatic rings. The van der Waals surface area contributed by atoms with E-state index in [1.54, 1.807) is 66.5 Å². The van der Waals surface area contributed by atoms with Gasteiger partial charge in [0.2, 0.25) is 5.75 Å². The van der Waals surface area contributed by atoms with Gasteiger partial charge in [0.05, 0.1) is 32.7 Å². The number of methoxy groups -OCH3 is 1. The number of nitrogen functional groups attached to an aromatic ring is 1. The van der Waals surface area contributed by atoms with Crippen molar-refractivity contribution in [3.05, 3.63) is 66.7 Å². The van der Waals surface area contributed by atoms with Gasteiger partial charge in [0.1, 0.15) is 17.6 Å². The van der Waals surface area contributed by atoms with Crippen molar-refractivity contribution in [1.82, 2.24) is 24.8 Å². The van der Waals surface area contributed by atoms with Crippen LogP contribution in [0.25, 0.3) is 11.2 Å². The second kappa shape index (κ2) is 13.5.